The van der Waals surface area contributed by atoms with E-state index in [1.165, 1.54) is 16.4 Å². The van der Waals surface area contributed by atoms with E-state index in [2.05, 4.69) is 4.90 Å². The highest BCUT2D eigenvalue weighted by Gasteiger charge is 2.34. The smallest absolute Gasteiger partial charge is 0.243 e. The van der Waals surface area contributed by atoms with E-state index >= 15 is 0 Å². The van der Waals surface area contributed by atoms with Gasteiger partial charge in [-0.25, -0.2) is 12.8 Å². The number of β-amino-alcohol motifs (C(OH)–C–C–N with tert-alkyl or cyclic N) is 1. The lowest BCUT2D eigenvalue weighted by atomic mass is 10.1. The molecule has 0 spiro atoms. The van der Waals surface area contributed by atoms with Crippen LogP contribution in [0.15, 0.2) is 17.0 Å². The Balaban J connectivity index is 2.21. The van der Waals surface area contributed by atoms with Crippen LogP contribution < -0.4 is 0 Å². The Morgan fingerprint density at radius 2 is 1.79 bits per heavy atom. The molecule has 1 fully saturated rings. The molecule has 1 aromatic rings. The Bertz CT molecular complexity index is 690. The summed E-state index contributed by atoms with van der Waals surface area (Å²) in [5.74, 6) is -0.364. The van der Waals surface area contributed by atoms with Crippen molar-refractivity contribution >= 4 is 10.0 Å². The minimum atomic E-state index is -3.65. The van der Waals surface area contributed by atoms with E-state index in [0.717, 1.165) is 0 Å². The standard InChI is InChI=1S/C17H27FN2O3S/c1-12-8-15(9-13(2)16(12)18)24(22,23)20-7-6-19(14(3)10-20)11-17(4,5)21/h8-9,14,21H,6-7,10-11H2,1-5H3. The Kier molecular flexibility index (Phi) is 5.40. The first kappa shape index (κ1) is 19.3. The first-order valence-electron chi connectivity index (χ1n) is 8.15. The molecular formula is C17H27FN2O3S. The first-order chi connectivity index (χ1) is 10.9. The fourth-order valence-electron chi connectivity index (χ4n) is 3.12. The molecule has 7 heteroatoms. The molecule has 0 amide bonds. The summed E-state index contributed by atoms with van der Waals surface area (Å²) in [7, 11) is -3.65. The summed E-state index contributed by atoms with van der Waals surface area (Å²) in [5.41, 5.74) is -0.148. The molecule has 0 aromatic heterocycles. The molecule has 1 heterocycles. The van der Waals surface area contributed by atoms with Crippen LogP contribution >= 0.6 is 0 Å². The van der Waals surface area contributed by atoms with Crippen LogP contribution in [0.25, 0.3) is 0 Å². The van der Waals surface area contributed by atoms with Crippen molar-refractivity contribution in [3.63, 3.8) is 0 Å². The average molecular weight is 358 g/mol. The van der Waals surface area contributed by atoms with Crippen molar-refractivity contribution in [3.8, 4) is 0 Å². The number of piperazine rings is 1. The van der Waals surface area contributed by atoms with Crippen molar-refractivity contribution in [1.29, 1.82) is 0 Å². The van der Waals surface area contributed by atoms with Gasteiger partial charge >= 0.3 is 0 Å². The van der Waals surface area contributed by atoms with Gasteiger partial charge in [0.25, 0.3) is 0 Å². The maximum Gasteiger partial charge on any atom is 0.243 e. The van der Waals surface area contributed by atoms with Gasteiger partial charge in [-0.05, 0) is 57.9 Å². The third kappa shape index (κ3) is 4.14. The molecule has 0 saturated carbocycles. The summed E-state index contributed by atoms with van der Waals surface area (Å²) >= 11 is 0. The molecule has 24 heavy (non-hydrogen) atoms. The summed E-state index contributed by atoms with van der Waals surface area (Å²) in [6.45, 7) is 10.4. The lowest BCUT2D eigenvalue weighted by Gasteiger charge is -2.41. The minimum Gasteiger partial charge on any atom is -0.389 e. The van der Waals surface area contributed by atoms with Gasteiger partial charge in [-0.1, -0.05) is 0 Å². The van der Waals surface area contributed by atoms with Crippen molar-refractivity contribution < 1.29 is 17.9 Å². The number of sulfonamides is 1. The van der Waals surface area contributed by atoms with Crippen molar-refractivity contribution in [2.45, 2.75) is 51.2 Å². The molecule has 0 radical (unpaired) electrons. The van der Waals surface area contributed by atoms with Crippen molar-refractivity contribution in [2.24, 2.45) is 0 Å². The van der Waals surface area contributed by atoms with Crippen LogP contribution in [-0.2, 0) is 10.0 Å². The first-order valence-corrected chi connectivity index (χ1v) is 9.59. The van der Waals surface area contributed by atoms with Crippen molar-refractivity contribution in [1.82, 2.24) is 9.21 Å². The third-order valence-corrected chi connectivity index (χ3v) is 6.21. The molecule has 1 N–H and O–H groups in total. The molecule has 0 aliphatic carbocycles. The van der Waals surface area contributed by atoms with Crippen LogP contribution in [0.4, 0.5) is 4.39 Å². The molecule has 0 bridgehead atoms. The highest BCUT2D eigenvalue weighted by atomic mass is 32.2. The summed E-state index contributed by atoms with van der Waals surface area (Å²) in [6.07, 6.45) is 0. The van der Waals surface area contributed by atoms with Crippen LogP contribution in [0.1, 0.15) is 31.9 Å². The predicted octanol–water partition coefficient (Wildman–Crippen LogP) is 1.91. The van der Waals surface area contributed by atoms with Crippen LogP contribution in [0.3, 0.4) is 0 Å². The summed E-state index contributed by atoms with van der Waals surface area (Å²) in [4.78, 5) is 2.23. The monoisotopic (exact) mass is 358 g/mol. The van der Waals surface area contributed by atoms with Crippen LogP contribution in [0, 0.1) is 19.7 Å². The zero-order valence-electron chi connectivity index (χ0n) is 15.0. The fraction of sp³-hybridized carbons (Fsp3) is 0.647. The van der Waals surface area contributed by atoms with Crippen molar-refractivity contribution in [3.05, 3.63) is 29.1 Å². The topological polar surface area (TPSA) is 60.9 Å². The molecule has 1 saturated heterocycles. The lowest BCUT2D eigenvalue weighted by molar-refractivity contribution is 0.00798. The summed E-state index contributed by atoms with van der Waals surface area (Å²) in [6, 6.07) is 2.79. The molecule has 5 nitrogen and oxygen atoms in total. The second-order valence-corrected chi connectivity index (χ2v) is 9.30. The quantitative estimate of drug-likeness (QED) is 0.893. The molecule has 1 aromatic carbocycles. The molecule has 1 aliphatic rings. The van der Waals surface area contributed by atoms with Gasteiger partial charge in [0, 0.05) is 32.2 Å². The van der Waals surface area contributed by atoms with Crippen LogP contribution in [-0.4, -0.2) is 60.6 Å². The van der Waals surface area contributed by atoms with Crippen LogP contribution in [0.5, 0.6) is 0 Å². The number of halogens is 1. The van der Waals surface area contributed by atoms with Gasteiger partial charge in [0.2, 0.25) is 10.0 Å². The number of hydrogen-bond donors (Lipinski definition) is 1. The number of nitrogens with zero attached hydrogens (tertiary/aromatic N) is 2. The normalized spacial score (nSPS) is 21.2. The number of rotatable bonds is 4. The molecule has 2 rings (SSSR count). The summed E-state index contributed by atoms with van der Waals surface area (Å²) < 4.78 is 41.0. The van der Waals surface area contributed by atoms with E-state index in [4.69, 9.17) is 0 Å². The maximum atomic E-state index is 13.8. The van der Waals surface area contributed by atoms with Gasteiger partial charge in [0.15, 0.2) is 0 Å². The Hall–Kier alpha value is -1.02. The predicted molar refractivity (Wildman–Crippen MR) is 92.0 cm³/mol. The second-order valence-electron chi connectivity index (χ2n) is 7.37. The van der Waals surface area contributed by atoms with Gasteiger partial charge < -0.3 is 5.11 Å². The lowest BCUT2D eigenvalue weighted by Crippen LogP contribution is -2.56. The third-order valence-electron chi connectivity index (χ3n) is 4.37. The van der Waals surface area contributed by atoms with Gasteiger partial charge in [0.1, 0.15) is 5.82 Å². The van der Waals surface area contributed by atoms with E-state index in [1.807, 2.05) is 6.92 Å². The number of benzene rings is 1. The van der Waals surface area contributed by atoms with E-state index in [-0.39, 0.29) is 16.8 Å². The SMILES string of the molecule is Cc1cc(S(=O)(=O)N2CCN(CC(C)(C)O)C(C)C2)cc(C)c1F. The highest BCUT2D eigenvalue weighted by molar-refractivity contribution is 7.89. The van der Waals surface area contributed by atoms with E-state index in [0.29, 0.717) is 37.3 Å². The number of aliphatic hydroxyl groups is 1. The second kappa shape index (κ2) is 6.71. The largest absolute Gasteiger partial charge is 0.389 e. The van der Waals surface area contributed by atoms with Gasteiger partial charge in [-0.15, -0.1) is 0 Å². The van der Waals surface area contributed by atoms with E-state index in [9.17, 15) is 17.9 Å². The molecule has 1 aliphatic heterocycles. The molecule has 1 unspecified atom stereocenters. The van der Waals surface area contributed by atoms with Crippen molar-refractivity contribution in [2.75, 3.05) is 26.2 Å². The van der Waals surface area contributed by atoms with E-state index < -0.39 is 15.6 Å². The Morgan fingerprint density at radius 1 is 1.25 bits per heavy atom. The fourth-order valence-corrected chi connectivity index (χ4v) is 4.80. The highest BCUT2D eigenvalue weighted by Crippen LogP contribution is 2.24. The zero-order chi connectivity index (χ0) is 18.3. The van der Waals surface area contributed by atoms with E-state index in [1.54, 1.807) is 27.7 Å². The maximum absolute atomic E-state index is 13.8. The molecule has 1 atom stereocenters. The Morgan fingerprint density at radius 3 is 2.25 bits per heavy atom. The van der Waals surface area contributed by atoms with Crippen LogP contribution in [0.2, 0.25) is 0 Å². The molecule has 136 valence electrons. The number of hydrogen-bond acceptors (Lipinski definition) is 4. The van der Waals surface area contributed by atoms with Gasteiger partial charge in [0.05, 0.1) is 10.5 Å². The molecular weight excluding hydrogens is 331 g/mol. The number of aryl methyl sites for hydroxylation is 2. The Labute approximate surface area is 144 Å². The van der Waals surface area contributed by atoms with Gasteiger partial charge in [-0.2, -0.15) is 4.31 Å². The summed E-state index contributed by atoms with van der Waals surface area (Å²) in [5, 5.41) is 9.97. The minimum absolute atomic E-state index is 0.00240. The zero-order valence-corrected chi connectivity index (χ0v) is 15.8. The van der Waals surface area contributed by atoms with Gasteiger partial charge in [-0.3, -0.25) is 4.90 Å². The average Bonchev–Trinajstić information content (AvgIpc) is 2.44.